The van der Waals surface area contributed by atoms with Gasteiger partial charge in [-0.05, 0) is 48.2 Å². The Labute approximate surface area is 239 Å². The first-order valence-corrected chi connectivity index (χ1v) is 13.8. The molecule has 1 atom stereocenters. The van der Waals surface area contributed by atoms with Crippen molar-refractivity contribution in [1.82, 2.24) is 20.1 Å². The number of carbonyl (C=O) groups is 2. The summed E-state index contributed by atoms with van der Waals surface area (Å²) in [6.07, 6.45) is 4.46. The number of amides is 2. The predicted octanol–water partition coefficient (Wildman–Crippen LogP) is 4.21. The zero-order valence-corrected chi connectivity index (χ0v) is 23.2. The first-order valence-electron chi connectivity index (χ1n) is 12.2. The van der Waals surface area contributed by atoms with Crippen LogP contribution in [0.3, 0.4) is 0 Å². The van der Waals surface area contributed by atoms with Gasteiger partial charge in [-0.1, -0.05) is 29.3 Å². The van der Waals surface area contributed by atoms with E-state index in [1.807, 2.05) is 23.6 Å². The number of aliphatic hydroxyl groups is 1. The molecule has 1 aromatic carbocycles. The largest absolute Gasteiger partial charge is 0.477 e. The van der Waals surface area contributed by atoms with Crippen LogP contribution in [0.5, 0.6) is 5.88 Å². The van der Waals surface area contributed by atoms with Gasteiger partial charge in [-0.2, -0.15) is 5.10 Å². The highest BCUT2D eigenvalue weighted by molar-refractivity contribution is 7.09. The summed E-state index contributed by atoms with van der Waals surface area (Å²) >= 11 is 13.9. The fourth-order valence-corrected chi connectivity index (χ4v) is 5.01. The second-order valence-corrected chi connectivity index (χ2v) is 10.5. The highest BCUT2D eigenvalue weighted by Crippen LogP contribution is 2.34. The van der Waals surface area contributed by atoms with Crippen molar-refractivity contribution in [3.63, 3.8) is 0 Å². The fraction of sp³-hybridized carbons (Fsp3) is 0.259. The first-order chi connectivity index (χ1) is 18.9. The van der Waals surface area contributed by atoms with Crippen molar-refractivity contribution in [2.75, 3.05) is 13.2 Å². The van der Waals surface area contributed by atoms with Gasteiger partial charge in [0.1, 0.15) is 11.7 Å². The van der Waals surface area contributed by atoms with Crippen LogP contribution in [-0.4, -0.2) is 50.9 Å². The van der Waals surface area contributed by atoms with Gasteiger partial charge < -0.3 is 20.9 Å². The molecule has 9 nitrogen and oxygen atoms in total. The lowest BCUT2D eigenvalue weighted by Gasteiger charge is -2.15. The average molecular weight is 589 g/mol. The Hall–Kier alpha value is -3.44. The van der Waals surface area contributed by atoms with Crippen molar-refractivity contribution in [2.45, 2.75) is 31.7 Å². The number of hydrogen-bond acceptors (Lipinski definition) is 7. The number of nitrogens with one attached hydrogen (secondary N) is 1. The quantitative estimate of drug-likeness (QED) is 0.201. The number of primary amides is 1. The van der Waals surface area contributed by atoms with Crippen molar-refractivity contribution < 1.29 is 19.4 Å². The number of nitrogens with two attached hydrogens (primary N) is 1. The Morgan fingerprint density at radius 3 is 2.69 bits per heavy atom. The lowest BCUT2D eigenvalue weighted by Crippen LogP contribution is -2.45. The van der Waals surface area contributed by atoms with E-state index in [1.165, 1.54) is 11.3 Å². The third-order valence-corrected chi connectivity index (χ3v) is 7.47. The molecule has 4 rings (SSSR count). The van der Waals surface area contributed by atoms with E-state index >= 15 is 0 Å². The molecule has 4 N–H and O–H groups in total. The Kier molecular flexibility index (Phi) is 9.94. The number of hydrogen-bond donors (Lipinski definition) is 3. The molecule has 0 aliphatic heterocycles. The summed E-state index contributed by atoms with van der Waals surface area (Å²) in [6, 6.07) is 11.7. The van der Waals surface area contributed by atoms with E-state index in [1.54, 1.807) is 41.3 Å². The summed E-state index contributed by atoms with van der Waals surface area (Å²) in [5, 5.41) is 19.9. The molecule has 4 aromatic rings. The molecule has 0 aliphatic rings. The number of ether oxygens (including phenoxy) is 1. The Bertz CT molecular complexity index is 1410. The molecule has 0 spiro atoms. The highest BCUT2D eigenvalue weighted by Gasteiger charge is 2.23. The zero-order valence-electron chi connectivity index (χ0n) is 20.8. The van der Waals surface area contributed by atoms with Gasteiger partial charge in [0.15, 0.2) is 0 Å². The van der Waals surface area contributed by atoms with Crippen molar-refractivity contribution in [1.29, 1.82) is 0 Å². The standard InChI is InChI=1S/C27H27Cl2N5O4S/c28-21-8-7-18(14-22(21)29)34-27(20(9-11-35)25(33-34)17-4-1-10-31-16-17)38-12-2-6-24(36)32-23(26(30)37)15-19-5-3-13-39-19/h1,3-5,7-8,10,13-14,16,23,35H,2,6,9,11-12,15H2,(H2,30,37)(H,32,36)/t23-/m0/s1. The Morgan fingerprint density at radius 2 is 2.03 bits per heavy atom. The number of carbonyl (C=O) groups excluding carboxylic acids is 2. The molecule has 0 saturated carbocycles. The minimum absolute atomic E-state index is 0.125. The Morgan fingerprint density at radius 1 is 1.18 bits per heavy atom. The SMILES string of the molecule is NC(=O)[C@H](Cc1cccs1)NC(=O)CCCOc1c(CCO)c(-c2cccnc2)nn1-c1ccc(Cl)c(Cl)c1. The van der Waals surface area contributed by atoms with E-state index in [-0.39, 0.29) is 32.0 Å². The highest BCUT2D eigenvalue weighted by atomic mass is 35.5. The van der Waals surface area contributed by atoms with Crippen LogP contribution in [0, 0.1) is 0 Å². The third-order valence-electron chi connectivity index (χ3n) is 5.83. The number of halogens is 2. The van der Waals surface area contributed by atoms with Crippen LogP contribution in [0.15, 0.2) is 60.2 Å². The van der Waals surface area contributed by atoms with Gasteiger partial charge in [0.25, 0.3) is 0 Å². The molecule has 3 heterocycles. The summed E-state index contributed by atoms with van der Waals surface area (Å²) < 4.78 is 7.76. The van der Waals surface area contributed by atoms with E-state index in [2.05, 4.69) is 10.3 Å². The summed E-state index contributed by atoms with van der Waals surface area (Å²) in [4.78, 5) is 29.5. The van der Waals surface area contributed by atoms with Gasteiger partial charge in [-0.3, -0.25) is 14.6 Å². The summed E-state index contributed by atoms with van der Waals surface area (Å²) in [7, 11) is 0. The smallest absolute Gasteiger partial charge is 0.240 e. The number of nitrogens with zero attached hydrogens (tertiary/aromatic N) is 3. The van der Waals surface area contributed by atoms with Gasteiger partial charge in [0, 0.05) is 54.3 Å². The van der Waals surface area contributed by atoms with Crippen molar-refractivity contribution in [3.05, 3.63) is 80.7 Å². The minimum atomic E-state index is -0.786. The maximum atomic E-state index is 12.6. The second-order valence-electron chi connectivity index (χ2n) is 8.62. The summed E-state index contributed by atoms with van der Waals surface area (Å²) in [6.45, 7) is 0.0509. The summed E-state index contributed by atoms with van der Waals surface area (Å²) in [5.74, 6) is -0.479. The van der Waals surface area contributed by atoms with E-state index in [0.29, 0.717) is 45.7 Å². The van der Waals surface area contributed by atoms with Gasteiger partial charge in [-0.25, -0.2) is 4.68 Å². The van der Waals surface area contributed by atoms with Crippen molar-refractivity contribution in [3.8, 4) is 22.8 Å². The number of rotatable bonds is 13. The molecular formula is C27H27Cl2N5O4S. The second kappa shape index (κ2) is 13.6. The first kappa shape index (κ1) is 28.6. The molecular weight excluding hydrogens is 561 g/mol. The third kappa shape index (κ3) is 7.36. The molecule has 39 heavy (non-hydrogen) atoms. The van der Waals surface area contributed by atoms with E-state index < -0.39 is 11.9 Å². The molecule has 204 valence electrons. The topological polar surface area (TPSA) is 132 Å². The van der Waals surface area contributed by atoms with E-state index in [4.69, 9.17) is 38.8 Å². The monoisotopic (exact) mass is 587 g/mol. The van der Waals surface area contributed by atoms with Crippen molar-refractivity contribution >= 4 is 46.4 Å². The lowest BCUT2D eigenvalue weighted by molar-refractivity contribution is -0.127. The van der Waals surface area contributed by atoms with E-state index in [9.17, 15) is 14.7 Å². The van der Waals surface area contributed by atoms with Gasteiger partial charge in [-0.15, -0.1) is 11.3 Å². The fourth-order valence-electron chi connectivity index (χ4n) is 3.97. The van der Waals surface area contributed by atoms with E-state index in [0.717, 1.165) is 10.4 Å². The molecule has 3 aromatic heterocycles. The van der Waals surface area contributed by atoms with Gasteiger partial charge in [0.2, 0.25) is 17.7 Å². The zero-order chi connectivity index (χ0) is 27.8. The maximum Gasteiger partial charge on any atom is 0.240 e. The summed E-state index contributed by atoms with van der Waals surface area (Å²) in [5.41, 5.74) is 8.16. The average Bonchev–Trinajstić information content (AvgIpc) is 3.57. The van der Waals surface area contributed by atoms with Crippen LogP contribution < -0.4 is 15.8 Å². The van der Waals surface area contributed by atoms with Crippen LogP contribution in [-0.2, 0) is 22.4 Å². The van der Waals surface area contributed by atoms with Crippen LogP contribution in [0.2, 0.25) is 10.0 Å². The number of benzene rings is 1. The van der Waals surface area contributed by atoms with Gasteiger partial charge in [0.05, 0.1) is 22.3 Å². The van der Waals surface area contributed by atoms with Crippen LogP contribution >= 0.6 is 34.5 Å². The van der Waals surface area contributed by atoms with Crippen LogP contribution in [0.1, 0.15) is 23.3 Å². The number of pyridine rings is 1. The molecule has 2 amide bonds. The Balaban J connectivity index is 1.50. The molecule has 0 fully saturated rings. The molecule has 0 saturated heterocycles. The molecule has 0 bridgehead atoms. The molecule has 12 heteroatoms. The lowest BCUT2D eigenvalue weighted by atomic mass is 10.1. The number of aromatic nitrogens is 3. The van der Waals surface area contributed by atoms with Crippen molar-refractivity contribution in [2.24, 2.45) is 5.73 Å². The van der Waals surface area contributed by atoms with Gasteiger partial charge >= 0.3 is 0 Å². The number of aliphatic hydroxyl groups excluding tert-OH is 1. The molecule has 0 unspecified atom stereocenters. The maximum absolute atomic E-state index is 12.6. The molecule has 0 radical (unpaired) electrons. The predicted molar refractivity (Wildman–Crippen MR) is 151 cm³/mol. The minimum Gasteiger partial charge on any atom is -0.477 e. The molecule has 0 aliphatic carbocycles. The normalized spacial score (nSPS) is 11.8. The van der Waals surface area contributed by atoms with Crippen LogP contribution in [0.25, 0.3) is 16.9 Å². The number of thiophene rings is 1. The van der Waals surface area contributed by atoms with Crippen LogP contribution in [0.4, 0.5) is 0 Å².